The van der Waals surface area contributed by atoms with Gasteiger partial charge in [0.15, 0.2) is 0 Å². The number of pyridine rings is 1. The molecule has 2 N–H and O–H groups in total. The van der Waals surface area contributed by atoms with Crippen LogP contribution in [-0.2, 0) is 11.0 Å². The number of halogens is 3. The van der Waals surface area contributed by atoms with E-state index < -0.39 is 17.8 Å². The number of nitrogens with zero attached hydrogens (tertiary/aromatic N) is 3. The van der Waals surface area contributed by atoms with Crippen LogP contribution >= 0.6 is 0 Å². The first-order valence-electron chi connectivity index (χ1n) is 8.38. The Labute approximate surface area is 149 Å². The molecule has 0 radical (unpaired) electrons. The summed E-state index contributed by atoms with van der Waals surface area (Å²) in [4.78, 5) is 30.9. The Morgan fingerprint density at radius 3 is 2.42 bits per heavy atom. The van der Waals surface area contributed by atoms with E-state index in [9.17, 15) is 22.8 Å². The summed E-state index contributed by atoms with van der Waals surface area (Å²) in [6.45, 7) is 4.67. The number of carbonyl (C=O) groups excluding carboxylic acids is 2. The van der Waals surface area contributed by atoms with E-state index in [1.54, 1.807) is 0 Å². The zero-order valence-corrected chi connectivity index (χ0v) is 14.5. The fourth-order valence-corrected chi connectivity index (χ4v) is 2.53. The molecule has 2 heterocycles. The molecule has 144 valence electrons. The van der Waals surface area contributed by atoms with Crippen LogP contribution in [0.4, 0.5) is 23.8 Å². The van der Waals surface area contributed by atoms with Gasteiger partial charge in [-0.3, -0.25) is 15.0 Å². The Kier molecular flexibility index (Phi) is 6.78. The summed E-state index contributed by atoms with van der Waals surface area (Å²) in [5.41, 5.74) is -0.780. The molecule has 1 aliphatic rings. The summed E-state index contributed by atoms with van der Waals surface area (Å²) in [6, 6.07) is 1.85. The molecule has 1 aliphatic heterocycles. The molecule has 26 heavy (non-hydrogen) atoms. The van der Waals surface area contributed by atoms with Gasteiger partial charge < -0.3 is 10.2 Å². The minimum atomic E-state index is -4.40. The maximum absolute atomic E-state index is 12.6. The van der Waals surface area contributed by atoms with E-state index in [1.165, 1.54) is 6.07 Å². The highest BCUT2D eigenvalue weighted by atomic mass is 19.4. The molecule has 1 fully saturated rings. The maximum Gasteiger partial charge on any atom is 0.417 e. The molecule has 0 spiro atoms. The Morgan fingerprint density at radius 1 is 1.19 bits per heavy atom. The normalized spacial score (nSPS) is 15.6. The van der Waals surface area contributed by atoms with Crippen molar-refractivity contribution < 1.29 is 22.8 Å². The van der Waals surface area contributed by atoms with Crippen molar-refractivity contribution in [3.63, 3.8) is 0 Å². The van der Waals surface area contributed by atoms with E-state index in [0.29, 0.717) is 38.5 Å². The highest BCUT2D eigenvalue weighted by Crippen LogP contribution is 2.29. The zero-order chi connectivity index (χ0) is 19.2. The van der Waals surface area contributed by atoms with Crippen molar-refractivity contribution in [2.75, 3.05) is 44.2 Å². The first-order chi connectivity index (χ1) is 12.3. The largest absolute Gasteiger partial charge is 0.417 e. The maximum atomic E-state index is 12.6. The van der Waals surface area contributed by atoms with Gasteiger partial charge >= 0.3 is 12.2 Å². The van der Waals surface area contributed by atoms with Gasteiger partial charge in [-0.1, -0.05) is 6.92 Å². The fraction of sp³-hybridized carbons (Fsp3) is 0.562. The van der Waals surface area contributed by atoms with Gasteiger partial charge in [-0.25, -0.2) is 9.78 Å². The number of aromatic nitrogens is 1. The lowest BCUT2D eigenvalue weighted by Gasteiger charge is -2.35. The Morgan fingerprint density at radius 2 is 1.88 bits per heavy atom. The molecule has 0 bridgehead atoms. The molecule has 10 heteroatoms. The summed E-state index contributed by atoms with van der Waals surface area (Å²) in [7, 11) is 0. The van der Waals surface area contributed by atoms with Crippen molar-refractivity contribution >= 4 is 17.8 Å². The Bertz CT molecular complexity index is 613. The van der Waals surface area contributed by atoms with Gasteiger partial charge in [-0.05, 0) is 18.6 Å². The molecule has 0 saturated carbocycles. The van der Waals surface area contributed by atoms with Gasteiger partial charge in [-0.2, -0.15) is 13.2 Å². The summed E-state index contributed by atoms with van der Waals surface area (Å²) in [6.07, 6.45) is -2.80. The summed E-state index contributed by atoms with van der Waals surface area (Å²) in [5.74, 6) is 0.0840. The molecular weight excluding hydrogens is 351 g/mol. The molecule has 2 rings (SSSR count). The van der Waals surface area contributed by atoms with Gasteiger partial charge in [0.25, 0.3) is 0 Å². The third kappa shape index (κ3) is 5.87. The van der Waals surface area contributed by atoms with Gasteiger partial charge in [0, 0.05) is 38.9 Å². The number of anilines is 1. The molecule has 0 atom stereocenters. The summed E-state index contributed by atoms with van der Waals surface area (Å²) in [5, 5.41) is 4.82. The predicted octanol–water partition coefficient (Wildman–Crippen LogP) is 1.46. The lowest BCUT2D eigenvalue weighted by atomic mass is 10.2. The first kappa shape index (κ1) is 20.0. The standard InChI is InChI=1S/C16H22F3N5O2/c1-2-5-20-15(26)22-14(25)11-23-6-8-24(9-7-23)13-4-3-12(10-21-13)16(17,18)19/h3-4,10H,2,5-9,11H2,1H3,(H2,20,22,25,26). The second-order valence-electron chi connectivity index (χ2n) is 5.97. The van der Waals surface area contributed by atoms with Crippen LogP contribution in [0, 0.1) is 0 Å². The van der Waals surface area contributed by atoms with Crippen LogP contribution < -0.4 is 15.5 Å². The lowest BCUT2D eigenvalue weighted by Crippen LogP contribution is -2.51. The summed E-state index contributed by atoms with van der Waals surface area (Å²) >= 11 is 0. The van der Waals surface area contributed by atoms with Crippen LogP contribution in [0.3, 0.4) is 0 Å². The fourth-order valence-electron chi connectivity index (χ4n) is 2.53. The zero-order valence-electron chi connectivity index (χ0n) is 14.5. The van der Waals surface area contributed by atoms with Crippen LogP contribution in [0.15, 0.2) is 18.3 Å². The topological polar surface area (TPSA) is 77.6 Å². The van der Waals surface area contributed by atoms with Crippen LogP contribution in [0.1, 0.15) is 18.9 Å². The smallest absolute Gasteiger partial charge is 0.354 e. The number of hydrogen-bond donors (Lipinski definition) is 2. The average molecular weight is 373 g/mol. The number of urea groups is 1. The highest BCUT2D eigenvalue weighted by molar-refractivity contribution is 5.95. The molecule has 3 amide bonds. The molecular formula is C16H22F3N5O2. The quantitative estimate of drug-likeness (QED) is 0.817. The van der Waals surface area contributed by atoms with Gasteiger partial charge in [0.2, 0.25) is 5.91 Å². The SMILES string of the molecule is CCCNC(=O)NC(=O)CN1CCN(c2ccc(C(F)(F)F)cn2)CC1. The van der Waals surface area contributed by atoms with E-state index in [0.717, 1.165) is 18.7 Å². The second-order valence-corrected chi connectivity index (χ2v) is 5.97. The molecule has 7 nitrogen and oxygen atoms in total. The number of amides is 3. The molecule has 0 aliphatic carbocycles. The third-order valence-electron chi connectivity index (χ3n) is 3.93. The number of rotatable bonds is 5. The number of piperazine rings is 1. The van der Waals surface area contributed by atoms with E-state index in [-0.39, 0.29) is 12.5 Å². The van der Waals surface area contributed by atoms with Crippen molar-refractivity contribution in [2.24, 2.45) is 0 Å². The monoisotopic (exact) mass is 373 g/mol. The molecule has 1 saturated heterocycles. The molecule has 0 aromatic carbocycles. The van der Waals surface area contributed by atoms with E-state index >= 15 is 0 Å². The Balaban J connectivity index is 1.78. The van der Waals surface area contributed by atoms with E-state index in [4.69, 9.17) is 0 Å². The molecule has 0 unspecified atom stereocenters. The third-order valence-corrected chi connectivity index (χ3v) is 3.93. The van der Waals surface area contributed by atoms with Crippen molar-refractivity contribution in [1.29, 1.82) is 0 Å². The molecule has 1 aromatic rings. The number of carbonyl (C=O) groups is 2. The number of nitrogens with one attached hydrogen (secondary N) is 2. The van der Waals surface area contributed by atoms with Gasteiger partial charge in [0.05, 0.1) is 12.1 Å². The van der Waals surface area contributed by atoms with Crippen molar-refractivity contribution in [1.82, 2.24) is 20.5 Å². The minimum absolute atomic E-state index is 0.0911. The van der Waals surface area contributed by atoms with E-state index in [1.807, 2.05) is 16.7 Å². The number of imide groups is 1. The minimum Gasteiger partial charge on any atom is -0.354 e. The van der Waals surface area contributed by atoms with Gasteiger partial charge in [-0.15, -0.1) is 0 Å². The molecule has 1 aromatic heterocycles. The van der Waals surface area contributed by atoms with Crippen molar-refractivity contribution in [3.05, 3.63) is 23.9 Å². The number of hydrogen-bond acceptors (Lipinski definition) is 5. The lowest BCUT2D eigenvalue weighted by molar-refractivity contribution is -0.137. The van der Waals surface area contributed by atoms with Crippen LogP contribution in [-0.4, -0.2) is 61.1 Å². The van der Waals surface area contributed by atoms with Crippen LogP contribution in [0.25, 0.3) is 0 Å². The van der Waals surface area contributed by atoms with Gasteiger partial charge in [0.1, 0.15) is 5.82 Å². The number of alkyl halides is 3. The predicted molar refractivity (Wildman–Crippen MR) is 89.7 cm³/mol. The summed E-state index contributed by atoms with van der Waals surface area (Å²) < 4.78 is 37.7. The first-order valence-corrected chi connectivity index (χ1v) is 8.38. The van der Waals surface area contributed by atoms with Crippen molar-refractivity contribution in [3.8, 4) is 0 Å². The van der Waals surface area contributed by atoms with Crippen LogP contribution in [0.2, 0.25) is 0 Å². The van der Waals surface area contributed by atoms with E-state index in [2.05, 4.69) is 15.6 Å². The van der Waals surface area contributed by atoms with Crippen LogP contribution in [0.5, 0.6) is 0 Å². The Hall–Kier alpha value is -2.36. The second kappa shape index (κ2) is 8.84. The highest BCUT2D eigenvalue weighted by Gasteiger charge is 2.31. The van der Waals surface area contributed by atoms with Crippen molar-refractivity contribution in [2.45, 2.75) is 19.5 Å². The average Bonchev–Trinajstić information content (AvgIpc) is 2.60.